The molecule has 1 aliphatic heterocycles. The van der Waals surface area contributed by atoms with Crippen LogP contribution in [0.3, 0.4) is 0 Å². The van der Waals surface area contributed by atoms with Gasteiger partial charge in [0, 0.05) is 18.5 Å². The third kappa shape index (κ3) is 4.78. The van der Waals surface area contributed by atoms with Crippen LogP contribution in [-0.2, 0) is 0 Å². The van der Waals surface area contributed by atoms with E-state index < -0.39 is 5.97 Å². The Labute approximate surface area is 168 Å². The molecule has 140 valence electrons. The summed E-state index contributed by atoms with van der Waals surface area (Å²) in [6.07, 6.45) is 3.48. The van der Waals surface area contributed by atoms with E-state index in [-0.39, 0.29) is 0 Å². The number of carbonyl (C=O) groups is 1. The average Bonchev–Trinajstić information content (AvgIpc) is 3.08. The maximum Gasteiger partial charge on any atom is 0.335 e. The van der Waals surface area contributed by atoms with Crippen LogP contribution in [0.1, 0.15) is 27.9 Å². The van der Waals surface area contributed by atoms with Gasteiger partial charge in [-0.15, -0.1) is 11.3 Å². The van der Waals surface area contributed by atoms with Gasteiger partial charge in [0.05, 0.1) is 15.3 Å². The molecule has 3 nitrogen and oxygen atoms in total. The Morgan fingerprint density at radius 2 is 1.96 bits per heavy atom. The lowest BCUT2D eigenvalue weighted by Crippen LogP contribution is -2.23. The number of hydrogen-bond donors (Lipinski definition) is 1. The minimum atomic E-state index is -0.879. The quantitative estimate of drug-likeness (QED) is 0.577. The first-order valence-electron chi connectivity index (χ1n) is 8.79. The standard InChI is InChI=1S/C15H16ClNS.C7H6O2/c1-10-7-12-13(9-18-15(12)14(16)8-10)11-3-5-17(2)6-4-11;8-7(9)6-4-2-1-3-5-6/h3,7-9H,4-6H2,1-2H3;1-5H,(H,8,9). The highest BCUT2D eigenvalue weighted by Gasteiger charge is 2.15. The number of aromatic carboxylic acids is 1. The van der Waals surface area contributed by atoms with Crippen molar-refractivity contribution in [1.29, 1.82) is 0 Å². The predicted molar refractivity (Wildman–Crippen MR) is 115 cm³/mol. The molecule has 0 fully saturated rings. The summed E-state index contributed by atoms with van der Waals surface area (Å²) in [5.41, 5.74) is 4.42. The number of hydrogen-bond acceptors (Lipinski definition) is 3. The highest BCUT2D eigenvalue weighted by molar-refractivity contribution is 7.18. The van der Waals surface area contributed by atoms with E-state index in [0.717, 1.165) is 24.5 Å². The van der Waals surface area contributed by atoms with Gasteiger partial charge in [-0.1, -0.05) is 35.9 Å². The van der Waals surface area contributed by atoms with Gasteiger partial charge in [-0.05, 0) is 66.7 Å². The molecular weight excluding hydrogens is 378 g/mol. The molecule has 5 heteroatoms. The summed E-state index contributed by atoms with van der Waals surface area (Å²) in [7, 11) is 2.17. The molecule has 0 saturated carbocycles. The van der Waals surface area contributed by atoms with Crippen molar-refractivity contribution < 1.29 is 9.90 Å². The van der Waals surface area contributed by atoms with Gasteiger partial charge < -0.3 is 10.0 Å². The van der Waals surface area contributed by atoms with E-state index in [2.05, 4.69) is 36.4 Å². The number of carboxylic acids is 1. The van der Waals surface area contributed by atoms with E-state index in [4.69, 9.17) is 16.7 Å². The van der Waals surface area contributed by atoms with Crippen LogP contribution in [0.5, 0.6) is 0 Å². The highest BCUT2D eigenvalue weighted by Crippen LogP contribution is 2.38. The van der Waals surface area contributed by atoms with Gasteiger partial charge in [-0.3, -0.25) is 0 Å². The lowest BCUT2D eigenvalue weighted by atomic mass is 9.98. The van der Waals surface area contributed by atoms with Crippen LogP contribution in [0.4, 0.5) is 0 Å². The molecule has 0 radical (unpaired) electrons. The fourth-order valence-corrected chi connectivity index (χ4v) is 4.46. The summed E-state index contributed by atoms with van der Waals surface area (Å²) in [4.78, 5) is 12.5. The summed E-state index contributed by atoms with van der Waals surface area (Å²) in [5.74, 6) is -0.879. The van der Waals surface area contributed by atoms with Crippen molar-refractivity contribution >= 4 is 44.6 Å². The summed E-state index contributed by atoms with van der Waals surface area (Å²) in [5, 5.41) is 12.8. The third-order valence-corrected chi connectivity index (χ3v) is 5.99. The lowest BCUT2D eigenvalue weighted by molar-refractivity contribution is 0.0697. The monoisotopic (exact) mass is 399 g/mol. The zero-order chi connectivity index (χ0) is 19.4. The number of fused-ring (bicyclic) bond motifs is 1. The molecule has 4 rings (SSSR count). The summed E-state index contributed by atoms with van der Waals surface area (Å²) in [6, 6.07) is 12.6. The number of carboxylic acid groups (broad SMARTS) is 1. The minimum Gasteiger partial charge on any atom is -0.478 e. The fourth-order valence-electron chi connectivity index (χ4n) is 3.07. The van der Waals surface area contributed by atoms with Crippen molar-refractivity contribution in [3.05, 3.63) is 75.6 Å². The van der Waals surface area contributed by atoms with Gasteiger partial charge in [-0.2, -0.15) is 0 Å². The van der Waals surface area contributed by atoms with Crippen LogP contribution >= 0.6 is 22.9 Å². The molecule has 0 spiro atoms. The molecule has 1 N–H and O–H groups in total. The van der Waals surface area contributed by atoms with E-state index >= 15 is 0 Å². The Kier molecular flexibility index (Phi) is 6.32. The molecule has 3 aromatic rings. The Hall–Kier alpha value is -2.14. The SMILES string of the molecule is Cc1cc(Cl)c2scc(C3=CCN(C)CC3)c2c1.O=C(O)c1ccccc1. The Balaban J connectivity index is 0.000000197. The number of aryl methyl sites for hydroxylation is 1. The van der Waals surface area contributed by atoms with Crippen molar-refractivity contribution in [1.82, 2.24) is 4.90 Å². The van der Waals surface area contributed by atoms with Crippen molar-refractivity contribution in [2.24, 2.45) is 0 Å². The number of likely N-dealkylation sites (N-methyl/N-ethyl adjacent to an activating group) is 1. The maximum atomic E-state index is 10.2. The van der Waals surface area contributed by atoms with Crippen molar-refractivity contribution in [3.63, 3.8) is 0 Å². The molecule has 2 aromatic carbocycles. The van der Waals surface area contributed by atoms with Gasteiger partial charge in [0.25, 0.3) is 0 Å². The maximum absolute atomic E-state index is 10.2. The minimum absolute atomic E-state index is 0.331. The molecule has 0 amide bonds. The molecule has 0 saturated heterocycles. The van der Waals surface area contributed by atoms with Gasteiger partial charge in [0.15, 0.2) is 0 Å². The second-order valence-electron chi connectivity index (χ2n) is 6.69. The number of benzene rings is 2. The zero-order valence-corrected chi connectivity index (χ0v) is 17.0. The van der Waals surface area contributed by atoms with E-state index in [1.54, 1.807) is 41.7 Å². The second-order valence-corrected chi connectivity index (χ2v) is 7.97. The van der Waals surface area contributed by atoms with Crippen molar-refractivity contribution in [3.8, 4) is 0 Å². The molecular formula is C22H22ClNO2S. The first-order chi connectivity index (χ1) is 13.0. The number of rotatable bonds is 2. The average molecular weight is 400 g/mol. The van der Waals surface area contributed by atoms with Crippen LogP contribution in [0.15, 0.2) is 53.9 Å². The largest absolute Gasteiger partial charge is 0.478 e. The smallest absolute Gasteiger partial charge is 0.335 e. The molecule has 0 atom stereocenters. The normalized spacial score (nSPS) is 14.4. The first-order valence-corrected chi connectivity index (χ1v) is 10.0. The first kappa shape index (κ1) is 19.6. The topological polar surface area (TPSA) is 40.5 Å². The van der Waals surface area contributed by atoms with Crippen LogP contribution in [-0.4, -0.2) is 36.1 Å². The lowest BCUT2D eigenvalue weighted by Gasteiger charge is -2.21. The van der Waals surface area contributed by atoms with Gasteiger partial charge in [0.2, 0.25) is 0 Å². The molecule has 1 aliphatic rings. The van der Waals surface area contributed by atoms with Gasteiger partial charge >= 0.3 is 5.97 Å². The highest BCUT2D eigenvalue weighted by atomic mass is 35.5. The second kappa shape index (κ2) is 8.70. The number of nitrogens with zero attached hydrogens (tertiary/aromatic N) is 1. The van der Waals surface area contributed by atoms with Crippen LogP contribution in [0.2, 0.25) is 5.02 Å². The predicted octanol–water partition coefficient (Wildman–Crippen LogP) is 5.97. The number of halogens is 1. The van der Waals surface area contributed by atoms with Crippen LogP contribution in [0, 0.1) is 6.92 Å². The summed E-state index contributed by atoms with van der Waals surface area (Å²) in [6.45, 7) is 4.30. The van der Waals surface area contributed by atoms with E-state index in [1.165, 1.54) is 26.8 Å². The van der Waals surface area contributed by atoms with Gasteiger partial charge in [-0.25, -0.2) is 4.79 Å². The van der Waals surface area contributed by atoms with E-state index in [1.807, 2.05) is 6.07 Å². The van der Waals surface area contributed by atoms with Crippen LogP contribution < -0.4 is 0 Å². The fraction of sp³-hybridized carbons (Fsp3) is 0.227. The third-order valence-electron chi connectivity index (χ3n) is 4.55. The van der Waals surface area contributed by atoms with Crippen LogP contribution in [0.25, 0.3) is 15.7 Å². The molecule has 0 bridgehead atoms. The van der Waals surface area contributed by atoms with E-state index in [9.17, 15) is 4.79 Å². The molecule has 0 unspecified atom stereocenters. The Morgan fingerprint density at radius 1 is 1.22 bits per heavy atom. The Morgan fingerprint density at radius 3 is 2.56 bits per heavy atom. The van der Waals surface area contributed by atoms with Gasteiger partial charge in [0.1, 0.15) is 0 Å². The van der Waals surface area contributed by atoms with Crippen molar-refractivity contribution in [2.75, 3.05) is 20.1 Å². The Bertz CT molecular complexity index is 979. The molecule has 27 heavy (non-hydrogen) atoms. The zero-order valence-electron chi connectivity index (χ0n) is 15.4. The van der Waals surface area contributed by atoms with Crippen molar-refractivity contribution in [2.45, 2.75) is 13.3 Å². The van der Waals surface area contributed by atoms with E-state index in [0.29, 0.717) is 5.56 Å². The molecule has 0 aliphatic carbocycles. The number of thiophene rings is 1. The summed E-state index contributed by atoms with van der Waals surface area (Å²) >= 11 is 8.08. The molecule has 2 heterocycles. The summed E-state index contributed by atoms with van der Waals surface area (Å²) < 4.78 is 1.22. The molecule has 1 aromatic heterocycles.